The largest absolute Gasteiger partial charge is 0.342 e. The van der Waals surface area contributed by atoms with Gasteiger partial charge in [-0.05, 0) is 39.0 Å². The van der Waals surface area contributed by atoms with Gasteiger partial charge in [-0.2, -0.15) is 0 Å². The Morgan fingerprint density at radius 3 is 2.35 bits per heavy atom. The molecule has 0 spiro atoms. The molecule has 1 fully saturated rings. The van der Waals surface area contributed by atoms with Gasteiger partial charge in [0.15, 0.2) is 0 Å². The van der Waals surface area contributed by atoms with Gasteiger partial charge in [-0.25, -0.2) is 0 Å². The van der Waals surface area contributed by atoms with Crippen LogP contribution in [0.5, 0.6) is 0 Å². The molecular weight excluding hydrogens is 212 g/mol. The minimum Gasteiger partial charge on any atom is -0.342 e. The standard InChI is InChI=1S/C14H28N2O/c1-10(2)16(6)13(17)11(3)15-12-8-7-9-14(12,4)5/h10-12,15H,7-9H2,1-6H3/t11-,12-/m1/s1. The fraction of sp³-hybridized carbons (Fsp3) is 0.929. The average molecular weight is 240 g/mol. The summed E-state index contributed by atoms with van der Waals surface area (Å²) in [4.78, 5) is 14.0. The van der Waals surface area contributed by atoms with Crippen molar-refractivity contribution in [1.29, 1.82) is 0 Å². The van der Waals surface area contributed by atoms with Crippen molar-refractivity contribution in [2.24, 2.45) is 5.41 Å². The highest BCUT2D eigenvalue weighted by atomic mass is 16.2. The van der Waals surface area contributed by atoms with Crippen LogP contribution in [-0.4, -0.2) is 36.0 Å². The fourth-order valence-corrected chi connectivity index (χ4v) is 2.57. The first-order valence-electron chi connectivity index (χ1n) is 6.78. The lowest BCUT2D eigenvalue weighted by Gasteiger charge is -2.32. The summed E-state index contributed by atoms with van der Waals surface area (Å²) in [6.07, 6.45) is 3.72. The number of amides is 1. The zero-order valence-corrected chi connectivity index (χ0v) is 12.2. The van der Waals surface area contributed by atoms with Crippen molar-refractivity contribution in [2.45, 2.75) is 72.0 Å². The summed E-state index contributed by atoms with van der Waals surface area (Å²) >= 11 is 0. The van der Waals surface area contributed by atoms with Crippen molar-refractivity contribution in [2.75, 3.05) is 7.05 Å². The van der Waals surface area contributed by atoms with E-state index in [0.717, 1.165) is 0 Å². The van der Waals surface area contributed by atoms with Gasteiger partial charge in [-0.15, -0.1) is 0 Å². The highest BCUT2D eigenvalue weighted by Crippen LogP contribution is 2.37. The summed E-state index contributed by atoms with van der Waals surface area (Å²) in [6.45, 7) is 10.7. The molecule has 0 bridgehead atoms. The summed E-state index contributed by atoms with van der Waals surface area (Å²) in [5.74, 6) is 0.197. The van der Waals surface area contributed by atoms with Gasteiger partial charge in [-0.1, -0.05) is 20.3 Å². The van der Waals surface area contributed by atoms with E-state index in [1.54, 1.807) is 0 Å². The average Bonchev–Trinajstić information content (AvgIpc) is 2.56. The zero-order valence-electron chi connectivity index (χ0n) is 12.2. The minimum atomic E-state index is -0.0789. The van der Waals surface area contributed by atoms with Crippen LogP contribution in [0.3, 0.4) is 0 Å². The number of rotatable bonds is 4. The summed E-state index contributed by atoms with van der Waals surface area (Å²) in [5.41, 5.74) is 0.324. The highest BCUT2D eigenvalue weighted by molar-refractivity contribution is 5.81. The number of nitrogens with one attached hydrogen (secondary N) is 1. The molecule has 0 aromatic heterocycles. The molecule has 0 heterocycles. The van der Waals surface area contributed by atoms with E-state index in [-0.39, 0.29) is 18.0 Å². The second kappa shape index (κ2) is 5.38. The number of carbonyl (C=O) groups excluding carboxylic acids is 1. The van der Waals surface area contributed by atoms with Gasteiger partial charge in [0.05, 0.1) is 6.04 Å². The lowest BCUT2D eigenvalue weighted by molar-refractivity contribution is -0.133. The van der Waals surface area contributed by atoms with Gasteiger partial charge in [0.1, 0.15) is 0 Å². The van der Waals surface area contributed by atoms with Crippen molar-refractivity contribution in [3.63, 3.8) is 0 Å². The zero-order chi connectivity index (χ0) is 13.2. The number of nitrogens with zero attached hydrogens (tertiary/aromatic N) is 1. The van der Waals surface area contributed by atoms with E-state index in [0.29, 0.717) is 11.5 Å². The Kier molecular flexibility index (Phi) is 4.59. The summed E-state index contributed by atoms with van der Waals surface area (Å²) in [5, 5.41) is 3.51. The maximum Gasteiger partial charge on any atom is 0.239 e. The van der Waals surface area contributed by atoms with E-state index in [2.05, 4.69) is 19.2 Å². The first-order chi connectivity index (χ1) is 7.75. The Morgan fingerprint density at radius 1 is 1.35 bits per heavy atom. The van der Waals surface area contributed by atoms with Crippen LogP contribution in [-0.2, 0) is 4.79 Å². The molecule has 1 N–H and O–H groups in total. The molecule has 3 nitrogen and oxygen atoms in total. The number of carbonyl (C=O) groups is 1. The Morgan fingerprint density at radius 2 is 1.94 bits per heavy atom. The molecule has 3 heteroatoms. The summed E-state index contributed by atoms with van der Waals surface area (Å²) in [7, 11) is 1.88. The highest BCUT2D eigenvalue weighted by Gasteiger charge is 2.36. The van der Waals surface area contributed by atoms with Crippen LogP contribution in [0.15, 0.2) is 0 Å². The van der Waals surface area contributed by atoms with Crippen molar-refractivity contribution >= 4 is 5.91 Å². The molecule has 1 aliphatic rings. The van der Waals surface area contributed by atoms with Crippen LogP contribution >= 0.6 is 0 Å². The first kappa shape index (κ1) is 14.5. The van der Waals surface area contributed by atoms with Crippen LogP contribution in [0.1, 0.15) is 53.9 Å². The van der Waals surface area contributed by atoms with Gasteiger partial charge in [-0.3, -0.25) is 4.79 Å². The van der Waals surface area contributed by atoms with Gasteiger partial charge < -0.3 is 10.2 Å². The fourth-order valence-electron chi connectivity index (χ4n) is 2.57. The van der Waals surface area contributed by atoms with Gasteiger partial charge in [0, 0.05) is 19.1 Å². The van der Waals surface area contributed by atoms with Gasteiger partial charge in [0.2, 0.25) is 5.91 Å². The molecule has 1 amide bonds. The molecule has 0 radical (unpaired) electrons. The van der Waals surface area contributed by atoms with Crippen LogP contribution in [0, 0.1) is 5.41 Å². The Hall–Kier alpha value is -0.570. The Balaban J connectivity index is 2.54. The first-order valence-corrected chi connectivity index (χ1v) is 6.78. The molecule has 0 unspecified atom stereocenters. The normalized spacial score (nSPS) is 25.0. The summed E-state index contributed by atoms with van der Waals surface area (Å²) in [6, 6.07) is 0.662. The predicted molar refractivity (Wildman–Crippen MR) is 71.9 cm³/mol. The smallest absolute Gasteiger partial charge is 0.239 e. The van der Waals surface area contributed by atoms with E-state index in [9.17, 15) is 4.79 Å². The molecular formula is C14H28N2O. The lowest BCUT2D eigenvalue weighted by Crippen LogP contribution is -2.51. The second-order valence-electron chi connectivity index (χ2n) is 6.36. The Bertz CT molecular complexity index is 273. The van der Waals surface area contributed by atoms with Crippen molar-refractivity contribution in [1.82, 2.24) is 10.2 Å². The molecule has 1 aliphatic carbocycles. The molecule has 0 aromatic rings. The third-order valence-electron chi connectivity index (χ3n) is 4.20. The molecule has 0 saturated heterocycles. The van der Waals surface area contributed by atoms with E-state index in [1.165, 1.54) is 19.3 Å². The molecule has 0 aliphatic heterocycles. The van der Waals surface area contributed by atoms with E-state index in [4.69, 9.17) is 0 Å². The number of likely N-dealkylation sites (N-methyl/N-ethyl adjacent to an activating group) is 1. The van der Waals surface area contributed by atoms with Crippen LogP contribution < -0.4 is 5.32 Å². The van der Waals surface area contributed by atoms with E-state index in [1.807, 2.05) is 32.7 Å². The topological polar surface area (TPSA) is 32.3 Å². The van der Waals surface area contributed by atoms with Crippen LogP contribution in [0.4, 0.5) is 0 Å². The number of hydrogen-bond acceptors (Lipinski definition) is 2. The van der Waals surface area contributed by atoms with Crippen LogP contribution in [0.25, 0.3) is 0 Å². The maximum atomic E-state index is 12.1. The maximum absolute atomic E-state index is 12.1. The quantitative estimate of drug-likeness (QED) is 0.818. The summed E-state index contributed by atoms with van der Waals surface area (Å²) < 4.78 is 0. The van der Waals surface area contributed by atoms with Gasteiger partial charge in [0.25, 0.3) is 0 Å². The van der Waals surface area contributed by atoms with Crippen molar-refractivity contribution < 1.29 is 4.79 Å². The monoisotopic (exact) mass is 240 g/mol. The van der Waals surface area contributed by atoms with Crippen molar-refractivity contribution in [3.8, 4) is 0 Å². The molecule has 2 atom stereocenters. The van der Waals surface area contributed by atoms with Crippen LogP contribution in [0.2, 0.25) is 0 Å². The Labute approximate surface area is 106 Å². The third kappa shape index (κ3) is 3.44. The van der Waals surface area contributed by atoms with Gasteiger partial charge >= 0.3 is 0 Å². The van der Waals surface area contributed by atoms with E-state index < -0.39 is 0 Å². The van der Waals surface area contributed by atoms with E-state index >= 15 is 0 Å². The lowest BCUT2D eigenvalue weighted by atomic mass is 9.87. The molecule has 17 heavy (non-hydrogen) atoms. The molecule has 0 aromatic carbocycles. The molecule has 100 valence electrons. The molecule has 1 rings (SSSR count). The second-order valence-corrected chi connectivity index (χ2v) is 6.36. The SMILES string of the molecule is CC(C)N(C)C(=O)[C@@H](C)N[C@@H]1CCCC1(C)C. The number of hydrogen-bond donors (Lipinski definition) is 1. The third-order valence-corrected chi connectivity index (χ3v) is 4.20. The molecule has 1 saturated carbocycles. The minimum absolute atomic E-state index is 0.0789. The van der Waals surface area contributed by atoms with Crippen molar-refractivity contribution in [3.05, 3.63) is 0 Å². The predicted octanol–water partition coefficient (Wildman–Crippen LogP) is 2.41.